The van der Waals surface area contributed by atoms with Crippen molar-refractivity contribution < 1.29 is 10.2 Å². The highest BCUT2D eigenvalue weighted by molar-refractivity contribution is 5.89. The maximum atomic E-state index is 11.8. The summed E-state index contributed by atoms with van der Waals surface area (Å²) in [6.45, 7) is 3.10. The molecule has 0 saturated carbocycles. The highest BCUT2D eigenvalue weighted by atomic mass is 16.3. The molecule has 0 spiro atoms. The summed E-state index contributed by atoms with van der Waals surface area (Å²) < 4.78 is 1.35. The summed E-state index contributed by atoms with van der Waals surface area (Å²) in [5.41, 5.74) is 0.910. The van der Waals surface area contributed by atoms with Gasteiger partial charge in [-0.3, -0.25) is 4.79 Å². The van der Waals surface area contributed by atoms with E-state index >= 15 is 0 Å². The van der Waals surface area contributed by atoms with Crippen molar-refractivity contribution in [1.29, 1.82) is 0 Å². The molecule has 1 aromatic heterocycles. The Morgan fingerprint density at radius 2 is 1.74 bits per heavy atom. The van der Waals surface area contributed by atoms with Gasteiger partial charge in [0, 0.05) is 24.7 Å². The smallest absolute Gasteiger partial charge is 0.296 e. The van der Waals surface area contributed by atoms with Crippen molar-refractivity contribution in [3.8, 4) is 11.5 Å². The first-order valence-electron chi connectivity index (χ1n) is 8.34. The predicted molar refractivity (Wildman–Crippen MR) is 94.4 cm³/mol. The van der Waals surface area contributed by atoms with Crippen LogP contribution in [-0.4, -0.2) is 21.3 Å². The molecule has 0 atom stereocenters. The van der Waals surface area contributed by atoms with Crippen LogP contribution >= 0.6 is 0 Å². The lowest BCUT2D eigenvalue weighted by Gasteiger charge is -2.11. The zero-order valence-corrected chi connectivity index (χ0v) is 13.9. The van der Waals surface area contributed by atoms with Gasteiger partial charge < -0.3 is 20.1 Å². The molecule has 0 aliphatic rings. The SMILES string of the molecule is CCCCCCCCNc1ccc2c(O)c(O)c(=O)n(C)c2c1. The molecule has 0 bridgehead atoms. The minimum atomic E-state index is -0.604. The van der Waals surface area contributed by atoms with Gasteiger partial charge in [0.05, 0.1) is 5.52 Å². The van der Waals surface area contributed by atoms with Gasteiger partial charge in [-0.25, -0.2) is 0 Å². The number of anilines is 1. The van der Waals surface area contributed by atoms with E-state index in [1.54, 1.807) is 13.1 Å². The molecule has 0 aliphatic heterocycles. The van der Waals surface area contributed by atoms with Crippen LogP contribution in [0.2, 0.25) is 0 Å². The summed E-state index contributed by atoms with van der Waals surface area (Å²) in [6, 6.07) is 5.39. The number of hydrogen-bond donors (Lipinski definition) is 3. The molecule has 0 unspecified atom stereocenters. The summed E-state index contributed by atoms with van der Waals surface area (Å²) in [6.07, 6.45) is 7.47. The molecule has 2 aromatic rings. The van der Waals surface area contributed by atoms with Gasteiger partial charge in [0.1, 0.15) is 0 Å². The molecule has 1 heterocycles. The Kier molecular flexibility index (Phi) is 5.90. The van der Waals surface area contributed by atoms with Gasteiger partial charge in [-0.05, 0) is 24.6 Å². The second-order valence-electron chi connectivity index (χ2n) is 5.99. The number of aromatic hydroxyl groups is 2. The molecular formula is C18H26N2O3. The molecule has 2 rings (SSSR count). The summed E-state index contributed by atoms with van der Waals surface area (Å²) in [5.74, 6) is -0.960. The maximum absolute atomic E-state index is 11.8. The minimum absolute atomic E-state index is 0.356. The quantitative estimate of drug-likeness (QED) is 0.648. The van der Waals surface area contributed by atoms with Gasteiger partial charge in [0.25, 0.3) is 5.56 Å². The second kappa shape index (κ2) is 7.90. The number of pyridine rings is 1. The Labute approximate surface area is 136 Å². The lowest BCUT2D eigenvalue weighted by molar-refractivity contribution is 0.399. The van der Waals surface area contributed by atoms with E-state index in [2.05, 4.69) is 12.2 Å². The van der Waals surface area contributed by atoms with Gasteiger partial charge in [-0.2, -0.15) is 0 Å². The van der Waals surface area contributed by atoms with Crippen molar-refractivity contribution in [2.24, 2.45) is 7.05 Å². The van der Waals surface area contributed by atoms with Gasteiger partial charge in [-0.15, -0.1) is 0 Å². The first-order valence-corrected chi connectivity index (χ1v) is 8.34. The molecule has 0 radical (unpaired) electrons. The fourth-order valence-electron chi connectivity index (χ4n) is 2.75. The molecular weight excluding hydrogens is 292 g/mol. The summed E-state index contributed by atoms with van der Waals surface area (Å²) in [5, 5.41) is 23.3. The normalized spacial score (nSPS) is 11.0. The van der Waals surface area contributed by atoms with Crippen LogP contribution in [0.4, 0.5) is 5.69 Å². The van der Waals surface area contributed by atoms with Crippen LogP contribution in [0.1, 0.15) is 45.4 Å². The highest BCUT2D eigenvalue weighted by Gasteiger charge is 2.13. The van der Waals surface area contributed by atoms with Crippen molar-refractivity contribution in [2.75, 3.05) is 11.9 Å². The summed E-state index contributed by atoms with van der Waals surface area (Å²) in [4.78, 5) is 11.8. The van der Waals surface area contributed by atoms with Gasteiger partial charge in [-0.1, -0.05) is 39.0 Å². The van der Waals surface area contributed by atoms with Crippen molar-refractivity contribution in [1.82, 2.24) is 4.57 Å². The Hall–Kier alpha value is -2.17. The first kappa shape index (κ1) is 17.2. The number of hydrogen-bond acceptors (Lipinski definition) is 4. The average Bonchev–Trinajstić information content (AvgIpc) is 2.57. The fraction of sp³-hybridized carbons (Fsp3) is 0.500. The van der Waals surface area contributed by atoms with Gasteiger partial charge in [0.2, 0.25) is 5.75 Å². The average molecular weight is 318 g/mol. The molecule has 0 saturated heterocycles. The van der Waals surface area contributed by atoms with Crippen LogP contribution < -0.4 is 10.9 Å². The fourth-order valence-corrected chi connectivity index (χ4v) is 2.75. The maximum Gasteiger partial charge on any atom is 0.296 e. The second-order valence-corrected chi connectivity index (χ2v) is 5.99. The molecule has 0 fully saturated rings. The number of fused-ring (bicyclic) bond motifs is 1. The van der Waals surface area contributed by atoms with Crippen molar-refractivity contribution in [3.05, 3.63) is 28.6 Å². The monoisotopic (exact) mass is 318 g/mol. The van der Waals surface area contributed by atoms with E-state index in [-0.39, 0.29) is 5.75 Å². The van der Waals surface area contributed by atoms with Gasteiger partial charge >= 0.3 is 0 Å². The Morgan fingerprint density at radius 1 is 1.04 bits per heavy atom. The van der Waals surface area contributed by atoms with Gasteiger partial charge in [0.15, 0.2) is 5.75 Å². The topological polar surface area (TPSA) is 74.5 Å². The van der Waals surface area contributed by atoms with Crippen LogP contribution in [0.15, 0.2) is 23.0 Å². The van der Waals surface area contributed by atoms with Crippen LogP contribution in [0.3, 0.4) is 0 Å². The standard InChI is InChI=1S/C18H26N2O3/c1-3-4-5-6-7-8-11-19-13-9-10-14-15(12-13)20(2)18(23)17(22)16(14)21/h9-10,12,19,21-22H,3-8,11H2,1-2H3. The molecule has 23 heavy (non-hydrogen) atoms. The largest absolute Gasteiger partial charge is 0.504 e. The Bertz CT molecular complexity index is 722. The molecule has 0 aliphatic carbocycles. The Balaban J connectivity index is 2.02. The van der Waals surface area contributed by atoms with E-state index in [9.17, 15) is 15.0 Å². The molecule has 126 valence electrons. The molecule has 5 nitrogen and oxygen atoms in total. The lowest BCUT2D eigenvalue weighted by atomic mass is 10.1. The predicted octanol–water partition coefficient (Wildman–Crippen LogP) is 3.72. The van der Waals surface area contributed by atoms with E-state index in [4.69, 9.17) is 0 Å². The van der Waals surface area contributed by atoms with Crippen LogP contribution in [0, 0.1) is 0 Å². The zero-order valence-electron chi connectivity index (χ0n) is 13.9. The van der Waals surface area contributed by atoms with E-state index < -0.39 is 11.3 Å². The van der Waals surface area contributed by atoms with Crippen LogP contribution in [-0.2, 0) is 7.05 Å². The Morgan fingerprint density at radius 3 is 2.48 bits per heavy atom. The molecule has 3 N–H and O–H groups in total. The van der Waals surface area contributed by atoms with E-state index in [1.807, 2.05) is 12.1 Å². The lowest BCUT2D eigenvalue weighted by Crippen LogP contribution is -2.16. The number of aryl methyl sites for hydroxylation is 1. The third-order valence-electron chi connectivity index (χ3n) is 4.21. The number of rotatable bonds is 8. The van der Waals surface area contributed by atoms with E-state index in [0.29, 0.717) is 10.9 Å². The summed E-state index contributed by atoms with van der Waals surface area (Å²) >= 11 is 0. The first-order chi connectivity index (χ1) is 11.1. The number of nitrogens with one attached hydrogen (secondary N) is 1. The van der Waals surface area contributed by atoms with Crippen molar-refractivity contribution in [2.45, 2.75) is 45.4 Å². The number of unbranched alkanes of at least 4 members (excludes halogenated alkanes) is 5. The number of aromatic nitrogens is 1. The third-order valence-corrected chi connectivity index (χ3v) is 4.21. The number of benzene rings is 1. The third kappa shape index (κ3) is 3.97. The molecule has 5 heteroatoms. The number of nitrogens with zero attached hydrogens (tertiary/aromatic N) is 1. The minimum Gasteiger partial charge on any atom is -0.504 e. The van der Waals surface area contributed by atoms with Crippen molar-refractivity contribution in [3.63, 3.8) is 0 Å². The zero-order chi connectivity index (χ0) is 16.8. The molecule has 0 amide bonds. The van der Waals surface area contributed by atoms with Crippen LogP contribution in [0.5, 0.6) is 11.5 Å². The molecule has 1 aromatic carbocycles. The van der Waals surface area contributed by atoms with Crippen molar-refractivity contribution >= 4 is 16.6 Å². The van der Waals surface area contributed by atoms with E-state index in [1.165, 1.54) is 36.7 Å². The van der Waals surface area contributed by atoms with Crippen LogP contribution in [0.25, 0.3) is 10.9 Å². The summed E-state index contributed by atoms with van der Waals surface area (Å²) in [7, 11) is 1.58. The highest BCUT2D eigenvalue weighted by Crippen LogP contribution is 2.31. The van der Waals surface area contributed by atoms with E-state index in [0.717, 1.165) is 18.7 Å².